The summed E-state index contributed by atoms with van der Waals surface area (Å²) >= 11 is 1.52. The van der Waals surface area contributed by atoms with Crippen molar-refractivity contribution in [3.05, 3.63) is 34.6 Å². The van der Waals surface area contributed by atoms with Crippen LogP contribution in [0.25, 0.3) is 0 Å². The molecule has 0 aliphatic carbocycles. The number of nitrogens with one attached hydrogen (secondary N) is 1. The predicted octanol–water partition coefficient (Wildman–Crippen LogP) is 4.11. The van der Waals surface area contributed by atoms with Crippen molar-refractivity contribution in [2.24, 2.45) is 0 Å². The fraction of sp³-hybridized carbons (Fsp3) is 0.476. The molecule has 2 heterocycles. The molecule has 2 aromatic rings. The second kappa shape index (κ2) is 8.82. The molecular formula is C21H27N3O3S. The molecule has 1 amide bonds. The molecule has 0 saturated heterocycles. The molecule has 1 atom stereocenters. The Morgan fingerprint density at radius 2 is 2.04 bits per heavy atom. The van der Waals surface area contributed by atoms with Gasteiger partial charge in [0.1, 0.15) is 17.6 Å². The molecule has 0 fully saturated rings. The van der Waals surface area contributed by atoms with Crippen LogP contribution in [0, 0.1) is 13.8 Å². The molecule has 3 rings (SSSR count). The van der Waals surface area contributed by atoms with E-state index >= 15 is 0 Å². The number of carbonyl (C=O) groups excluding carboxylic acids is 1. The van der Waals surface area contributed by atoms with E-state index in [0.29, 0.717) is 30.9 Å². The summed E-state index contributed by atoms with van der Waals surface area (Å²) in [5.74, 6) is 1.44. The Labute approximate surface area is 170 Å². The van der Waals surface area contributed by atoms with Gasteiger partial charge in [-0.3, -0.25) is 4.79 Å². The van der Waals surface area contributed by atoms with Gasteiger partial charge in [-0.1, -0.05) is 11.8 Å². The zero-order valence-corrected chi connectivity index (χ0v) is 17.9. The molecule has 1 aliphatic rings. The van der Waals surface area contributed by atoms with Crippen LogP contribution in [0.3, 0.4) is 0 Å². The maximum absolute atomic E-state index is 12.6. The normalized spacial score (nSPS) is 15.1. The van der Waals surface area contributed by atoms with Gasteiger partial charge >= 0.3 is 0 Å². The molecule has 1 aliphatic heterocycles. The van der Waals surface area contributed by atoms with Gasteiger partial charge < -0.3 is 14.8 Å². The van der Waals surface area contributed by atoms with E-state index in [-0.39, 0.29) is 12.0 Å². The van der Waals surface area contributed by atoms with Crippen LogP contribution in [0.5, 0.6) is 11.5 Å². The smallest absolute Gasteiger partial charge is 0.224 e. The van der Waals surface area contributed by atoms with Crippen LogP contribution < -0.4 is 14.8 Å². The van der Waals surface area contributed by atoms with Crippen molar-refractivity contribution in [1.29, 1.82) is 0 Å². The number of fused-ring (bicyclic) bond motifs is 1. The highest BCUT2D eigenvalue weighted by atomic mass is 32.2. The number of carbonyl (C=O) groups is 1. The van der Waals surface area contributed by atoms with Gasteiger partial charge in [-0.15, -0.1) is 0 Å². The van der Waals surface area contributed by atoms with E-state index in [9.17, 15) is 4.79 Å². The van der Waals surface area contributed by atoms with Crippen LogP contribution in [0.15, 0.2) is 17.3 Å². The molecule has 0 unspecified atom stereocenters. The van der Waals surface area contributed by atoms with E-state index in [4.69, 9.17) is 9.47 Å². The number of aryl methyl sites for hydroxylation is 2. The second-order valence-corrected chi connectivity index (χ2v) is 7.70. The lowest BCUT2D eigenvalue weighted by Crippen LogP contribution is -2.15. The van der Waals surface area contributed by atoms with Gasteiger partial charge in [0.2, 0.25) is 5.91 Å². The van der Waals surface area contributed by atoms with E-state index in [1.54, 1.807) is 0 Å². The molecule has 150 valence electrons. The lowest BCUT2D eigenvalue weighted by molar-refractivity contribution is -0.116. The summed E-state index contributed by atoms with van der Waals surface area (Å²) in [6.45, 7) is 8.44. The van der Waals surface area contributed by atoms with E-state index in [0.717, 1.165) is 39.8 Å². The average molecular weight is 402 g/mol. The zero-order chi connectivity index (χ0) is 20.3. The highest BCUT2D eigenvalue weighted by molar-refractivity contribution is 7.98. The van der Waals surface area contributed by atoms with Gasteiger partial charge in [0.05, 0.1) is 12.3 Å². The van der Waals surface area contributed by atoms with Gasteiger partial charge in [-0.2, -0.15) is 0 Å². The summed E-state index contributed by atoms with van der Waals surface area (Å²) in [6.07, 6.45) is 3.90. The lowest BCUT2D eigenvalue weighted by Gasteiger charge is -2.14. The summed E-state index contributed by atoms with van der Waals surface area (Å²) in [6, 6.07) is 3.84. The van der Waals surface area contributed by atoms with Crippen molar-refractivity contribution in [1.82, 2.24) is 9.97 Å². The molecule has 1 aromatic carbocycles. The van der Waals surface area contributed by atoms with Gasteiger partial charge in [0.15, 0.2) is 5.16 Å². The molecule has 0 saturated carbocycles. The third-order valence-corrected chi connectivity index (χ3v) is 5.30. The number of aromatic nitrogens is 2. The predicted molar refractivity (Wildman–Crippen MR) is 112 cm³/mol. The number of anilines is 1. The van der Waals surface area contributed by atoms with Crippen molar-refractivity contribution < 1.29 is 14.3 Å². The number of nitrogens with zero attached hydrogens (tertiary/aromatic N) is 2. The minimum absolute atomic E-state index is 0.0697. The first-order chi connectivity index (χ1) is 13.4. The maximum atomic E-state index is 12.6. The summed E-state index contributed by atoms with van der Waals surface area (Å²) in [7, 11) is 0. The van der Waals surface area contributed by atoms with E-state index in [1.165, 1.54) is 11.8 Å². The minimum atomic E-state index is -0.0697. The van der Waals surface area contributed by atoms with Crippen molar-refractivity contribution in [3.8, 4) is 11.5 Å². The van der Waals surface area contributed by atoms with Crippen molar-refractivity contribution >= 4 is 23.4 Å². The number of hydrogen-bond acceptors (Lipinski definition) is 6. The van der Waals surface area contributed by atoms with Gasteiger partial charge in [-0.25, -0.2) is 9.97 Å². The minimum Gasteiger partial charge on any atom is -0.492 e. The summed E-state index contributed by atoms with van der Waals surface area (Å²) < 4.78 is 11.6. The summed E-state index contributed by atoms with van der Waals surface area (Å²) in [4.78, 5) is 21.6. The number of hydrogen-bond donors (Lipinski definition) is 1. The molecule has 0 spiro atoms. The van der Waals surface area contributed by atoms with Crippen molar-refractivity contribution in [2.45, 2.75) is 58.2 Å². The van der Waals surface area contributed by atoms with E-state index < -0.39 is 0 Å². The highest BCUT2D eigenvalue weighted by Gasteiger charge is 2.22. The fourth-order valence-electron chi connectivity index (χ4n) is 3.42. The summed E-state index contributed by atoms with van der Waals surface area (Å²) in [5, 5.41) is 3.74. The third kappa shape index (κ3) is 4.58. The Morgan fingerprint density at radius 1 is 1.32 bits per heavy atom. The van der Waals surface area contributed by atoms with Crippen molar-refractivity contribution in [3.63, 3.8) is 0 Å². The standard InChI is InChI=1S/C21H27N3O3S/c1-6-26-19-10-15-9-12(2)27-18(15)11-17(19)24-20(25)8-7-16-13(3)22-21(28-5)23-14(16)4/h10-12H,6-9H2,1-5H3,(H,24,25)/t12-/m1/s1. The van der Waals surface area contributed by atoms with E-state index in [2.05, 4.69) is 15.3 Å². The Bertz CT molecular complexity index is 862. The van der Waals surface area contributed by atoms with Crippen LogP contribution in [0.4, 0.5) is 5.69 Å². The zero-order valence-electron chi connectivity index (χ0n) is 17.1. The Balaban J connectivity index is 1.71. The highest BCUT2D eigenvalue weighted by Crippen LogP contribution is 2.38. The Kier molecular flexibility index (Phi) is 6.44. The van der Waals surface area contributed by atoms with Crippen LogP contribution >= 0.6 is 11.8 Å². The first kappa shape index (κ1) is 20.5. The number of thioether (sulfide) groups is 1. The van der Waals surface area contributed by atoms with Crippen LogP contribution in [-0.4, -0.2) is 34.8 Å². The topological polar surface area (TPSA) is 73.3 Å². The molecular weight excluding hydrogens is 374 g/mol. The number of benzene rings is 1. The molecule has 1 aromatic heterocycles. The van der Waals surface area contributed by atoms with Gasteiger partial charge in [-0.05, 0) is 52.0 Å². The molecule has 0 bridgehead atoms. The largest absolute Gasteiger partial charge is 0.492 e. The number of amides is 1. The second-order valence-electron chi connectivity index (χ2n) is 6.93. The first-order valence-corrected chi connectivity index (χ1v) is 10.8. The third-order valence-electron chi connectivity index (χ3n) is 4.76. The summed E-state index contributed by atoms with van der Waals surface area (Å²) in [5.41, 5.74) is 4.66. The van der Waals surface area contributed by atoms with Crippen LogP contribution in [0.2, 0.25) is 0 Å². The average Bonchev–Trinajstić information content (AvgIpc) is 3.00. The molecule has 7 heteroatoms. The first-order valence-electron chi connectivity index (χ1n) is 9.55. The van der Waals surface area contributed by atoms with Gasteiger partial charge in [0, 0.05) is 35.9 Å². The molecule has 6 nitrogen and oxygen atoms in total. The maximum Gasteiger partial charge on any atom is 0.224 e. The molecule has 0 radical (unpaired) electrons. The van der Waals surface area contributed by atoms with Crippen LogP contribution in [0.1, 0.15) is 42.8 Å². The quantitative estimate of drug-likeness (QED) is 0.556. The van der Waals surface area contributed by atoms with Gasteiger partial charge in [0.25, 0.3) is 0 Å². The molecule has 28 heavy (non-hydrogen) atoms. The Morgan fingerprint density at radius 3 is 2.68 bits per heavy atom. The number of ether oxygens (including phenoxy) is 2. The SMILES string of the molecule is CCOc1cc2c(cc1NC(=O)CCc1c(C)nc(SC)nc1C)O[C@H](C)C2. The fourth-order valence-corrected chi connectivity index (χ4v) is 3.88. The Hall–Kier alpha value is -2.28. The molecule has 1 N–H and O–H groups in total. The van der Waals surface area contributed by atoms with E-state index in [1.807, 2.05) is 46.1 Å². The monoisotopic (exact) mass is 401 g/mol. The van der Waals surface area contributed by atoms with Crippen molar-refractivity contribution in [2.75, 3.05) is 18.2 Å². The van der Waals surface area contributed by atoms with Crippen LogP contribution in [-0.2, 0) is 17.6 Å². The number of rotatable bonds is 7. The lowest BCUT2D eigenvalue weighted by atomic mass is 10.1.